The Labute approximate surface area is 170 Å². The fourth-order valence-electron chi connectivity index (χ4n) is 4.13. The highest BCUT2D eigenvalue weighted by Gasteiger charge is 2.47. The normalized spacial score (nSPS) is 21.5. The molecule has 1 aromatic heterocycles. The molecule has 1 aliphatic carbocycles. The van der Waals surface area contributed by atoms with E-state index in [9.17, 15) is 4.79 Å². The van der Waals surface area contributed by atoms with E-state index in [-0.39, 0.29) is 23.7 Å². The van der Waals surface area contributed by atoms with Crippen molar-refractivity contribution >= 4 is 37.2 Å². The maximum absolute atomic E-state index is 15.1. The number of anilines is 1. The van der Waals surface area contributed by atoms with Gasteiger partial charge >= 0.3 is 0 Å². The smallest absolute Gasteiger partial charge is 0.232 e. The average molecular weight is 411 g/mol. The summed E-state index contributed by atoms with van der Waals surface area (Å²) in [7, 11) is 2.61. The molecule has 1 aliphatic heterocycles. The number of ether oxygens (including phenoxy) is 1. The number of fused-ring (bicyclic) bond motifs is 1. The van der Waals surface area contributed by atoms with Gasteiger partial charge in [-0.05, 0) is 41.9 Å². The fourth-order valence-corrected chi connectivity index (χ4v) is 4.60. The second-order valence-electron chi connectivity index (χ2n) is 8.03. The van der Waals surface area contributed by atoms with Crippen molar-refractivity contribution < 1.29 is 13.9 Å². The van der Waals surface area contributed by atoms with Gasteiger partial charge in [0, 0.05) is 17.3 Å². The van der Waals surface area contributed by atoms with E-state index < -0.39 is 0 Å². The third-order valence-electron chi connectivity index (χ3n) is 5.98. The molecule has 0 spiro atoms. The zero-order valence-electron chi connectivity index (χ0n) is 16.2. The van der Waals surface area contributed by atoms with Gasteiger partial charge in [0.25, 0.3) is 0 Å². The van der Waals surface area contributed by atoms with Gasteiger partial charge in [-0.15, -0.1) is 9.24 Å². The number of imidazole rings is 1. The van der Waals surface area contributed by atoms with Crippen LogP contribution in [0.2, 0.25) is 0 Å². The minimum Gasteiger partial charge on any atom is -0.493 e. The van der Waals surface area contributed by atoms with E-state index in [2.05, 4.69) is 19.2 Å². The van der Waals surface area contributed by atoms with Crippen LogP contribution in [0.15, 0.2) is 36.7 Å². The third kappa shape index (κ3) is 3.29. The number of hydrogen-bond donors (Lipinski definition) is 1. The number of halogens is 1. The molecule has 2 aliphatic rings. The highest BCUT2D eigenvalue weighted by molar-refractivity contribution is 7.27. The molecule has 1 amide bonds. The molecule has 0 bridgehead atoms. The number of carbonyl (C=O) groups excluding carboxylic acids is 1. The summed E-state index contributed by atoms with van der Waals surface area (Å²) in [5.74, 6) is 0.680. The maximum Gasteiger partial charge on any atom is 0.232 e. The lowest BCUT2D eigenvalue weighted by Crippen LogP contribution is -2.55. The SMILES string of the molecule is CC1C(=O)N(c2ccc3nc[nH]c3c2)C1c1c(F)cc(OCCC2CC2)cc1P. The van der Waals surface area contributed by atoms with Crippen LogP contribution in [0.25, 0.3) is 11.0 Å². The van der Waals surface area contributed by atoms with Gasteiger partial charge in [-0.2, -0.15) is 0 Å². The van der Waals surface area contributed by atoms with E-state index in [4.69, 9.17) is 4.74 Å². The molecule has 1 saturated heterocycles. The Kier molecular flexibility index (Phi) is 4.54. The summed E-state index contributed by atoms with van der Waals surface area (Å²) in [5, 5.41) is 0.725. The summed E-state index contributed by atoms with van der Waals surface area (Å²) in [6.07, 6.45) is 5.20. The van der Waals surface area contributed by atoms with Gasteiger partial charge < -0.3 is 14.6 Å². The molecule has 150 valence electrons. The quantitative estimate of drug-likeness (QED) is 0.491. The number of H-pyrrole nitrogens is 1. The minimum absolute atomic E-state index is 0.0116. The van der Waals surface area contributed by atoms with Gasteiger partial charge in [0.05, 0.1) is 35.9 Å². The van der Waals surface area contributed by atoms with Crippen molar-refractivity contribution in [3.05, 3.63) is 48.0 Å². The van der Waals surface area contributed by atoms with Crippen molar-refractivity contribution in [2.24, 2.45) is 11.8 Å². The number of rotatable bonds is 6. The lowest BCUT2D eigenvalue weighted by Gasteiger charge is -2.46. The van der Waals surface area contributed by atoms with E-state index >= 15 is 4.39 Å². The molecule has 3 aromatic rings. The Balaban J connectivity index is 1.43. The predicted molar refractivity (Wildman–Crippen MR) is 114 cm³/mol. The first-order chi connectivity index (χ1) is 14.0. The van der Waals surface area contributed by atoms with Gasteiger partial charge in [0.15, 0.2) is 0 Å². The molecule has 29 heavy (non-hydrogen) atoms. The number of aromatic amines is 1. The topological polar surface area (TPSA) is 58.2 Å². The lowest BCUT2D eigenvalue weighted by molar-refractivity contribution is -0.129. The number of β-lactam (4-membered cyclic amide) rings is 1. The first-order valence-corrected chi connectivity index (χ1v) is 10.6. The molecule has 2 heterocycles. The number of carbonyl (C=O) groups is 1. The van der Waals surface area contributed by atoms with Crippen molar-refractivity contribution in [3.8, 4) is 5.75 Å². The molecule has 3 atom stereocenters. The molecular formula is C22H23FN3O2P. The zero-order valence-corrected chi connectivity index (χ0v) is 17.3. The number of nitrogens with zero attached hydrogens (tertiary/aromatic N) is 2. The molecule has 5 rings (SSSR count). The molecule has 0 radical (unpaired) electrons. The Morgan fingerprint density at radius 2 is 2.14 bits per heavy atom. The van der Waals surface area contributed by atoms with Gasteiger partial charge in [0.2, 0.25) is 5.91 Å². The Hall–Kier alpha value is -2.46. The van der Waals surface area contributed by atoms with E-state index in [1.54, 1.807) is 11.2 Å². The summed E-state index contributed by atoms with van der Waals surface area (Å²) >= 11 is 0. The largest absolute Gasteiger partial charge is 0.493 e. The van der Waals surface area contributed by atoms with Gasteiger partial charge in [-0.1, -0.05) is 19.8 Å². The first-order valence-electron chi connectivity index (χ1n) is 10.0. The summed E-state index contributed by atoms with van der Waals surface area (Å²) in [5.41, 5.74) is 2.95. The van der Waals surface area contributed by atoms with Crippen LogP contribution in [0, 0.1) is 17.7 Å². The Morgan fingerprint density at radius 1 is 1.31 bits per heavy atom. The van der Waals surface area contributed by atoms with E-state index in [1.807, 2.05) is 31.2 Å². The second kappa shape index (κ2) is 7.10. The number of nitrogens with one attached hydrogen (secondary N) is 1. The van der Waals surface area contributed by atoms with E-state index in [1.165, 1.54) is 18.9 Å². The van der Waals surface area contributed by atoms with Crippen LogP contribution >= 0.6 is 9.24 Å². The van der Waals surface area contributed by atoms with Crippen molar-refractivity contribution in [1.82, 2.24) is 9.97 Å². The van der Waals surface area contributed by atoms with Crippen molar-refractivity contribution in [2.75, 3.05) is 11.5 Å². The van der Waals surface area contributed by atoms with Crippen LogP contribution in [0.4, 0.5) is 10.1 Å². The molecule has 1 N–H and O–H groups in total. The maximum atomic E-state index is 15.1. The lowest BCUT2D eigenvalue weighted by atomic mass is 9.82. The number of amides is 1. The van der Waals surface area contributed by atoms with Crippen LogP contribution in [0.3, 0.4) is 0 Å². The number of benzene rings is 2. The van der Waals surface area contributed by atoms with Crippen LogP contribution in [0.1, 0.15) is 37.8 Å². The van der Waals surface area contributed by atoms with E-state index in [0.29, 0.717) is 17.9 Å². The monoisotopic (exact) mass is 411 g/mol. The predicted octanol–water partition coefficient (Wildman–Crippen LogP) is 4.11. The highest BCUT2D eigenvalue weighted by atomic mass is 31.0. The first kappa shape index (κ1) is 18.6. The molecule has 2 aromatic carbocycles. The van der Waals surface area contributed by atoms with Gasteiger partial charge in [-0.25, -0.2) is 9.37 Å². The van der Waals surface area contributed by atoms with Crippen molar-refractivity contribution in [1.29, 1.82) is 0 Å². The Morgan fingerprint density at radius 3 is 2.90 bits per heavy atom. The minimum atomic E-state index is -0.351. The summed E-state index contributed by atoms with van der Waals surface area (Å²) in [6, 6.07) is 8.55. The van der Waals surface area contributed by atoms with Crippen LogP contribution in [-0.2, 0) is 4.79 Å². The van der Waals surface area contributed by atoms with Gasteiger partial charge in [0.1, 0.15) is 11.6 Å². The molecule has 3 unspecified atom stereocenters. The van der Waals surface area contributed by atoms with Crippen LogP contribution < -0.4 is 14.9 Å². The van der Waals surface area contributed by atoms with Gasteiger partial charge in [-0.3, -0.25) is 4.79 Å². The van der Waals surface area contributed by atoms with Crippen LogP contribution in [-0.4, -0.2) is 22.5 Å². The second-order valence-corrected chi connectivity index (χ2v) is 8.66. The highest BCUT2D eigenvalue weighted by Crippen LogP contribution is 2.44. The number of hydrogen-bond acceptors (Lipinski definition) is 3. The molecule has 1 saturated carbocycles. The van der Waals surface area contributed by atoms with Crippen molar-refractivity contribution in [2.45, 2.75) is 32.2 Å². The zero-order chi connectivity index (χ0) is 20.1. The van der Waals surface area contributed by atoms with Crippen LogP contribution in [0.5, 0.6) is 5.75 Å². The summed E-state index contributed by atoms with van der Waals surface area (Å²) in [4.78, 5) is 21.6. The molecular weight excluding hydrogens is 388 g/mol. The summed E-state index contributed by atoms with van der Waals surface area (Å²) in [6.45, 7) is 2.46. The Bertz CT molecular complexity index is 1070. The third-order valence-corrected chi connectivity index (χ3v) is 6.46. The van der Waals surface area contributed by atoms with E-state index in [0.717, 1.165) is 34.4 Å². The fraction of sp³-hybridized carbons (Fsp3) is 0.364. The average Bonchev–Trinajstić information content (AvgIpc) is 3.40. The van der Waals surface area contributed by atoms with Crippen molar-refractivity contribution in [3.63, 3.8) is 0 Å². The standard InChI is InChI=1S/C22H23FN3O2P/c1-12-21(26(22(12)27)14-4-5-17-18(8-14)25-11-24-17)20-16(23)9-15(10-19(20)29)28-7-6-13-2-3-13/h4-5,8-13,21H,2-3,6-7,29H2,1H3,(H,24,25). The molecule has 7 heteroatoms. The molecule has 2 fully saturated rings. The summed E-state index contributed by atoms with van der Waals surface area (Å²) < 4.78 is 20.9. The number of aromatic nitrogens is 2. The molecule has 5 nitrogen and oxygen atoms in total.